The molecule has 38 heavy (non-hydrogen) atoms. The van der Waals surface area contributed by atoms with Gasteiger partial charge in [-0.3, -0.25) is 9.80 Å². The number of hydrogen-bond donors (Lipinski definition) is 0. The number of methoxy groups -OCH3 is 1. The Bertz CT molecular complexity index is 1440. The normalized spacial score (nSPS) is 16.6. The summed E-state index contributed by atoms with van der Waals surface area (Å²) in [4.78, 5) is 33.0. The van der Waals surface area contributed by atoms with E-state index in [9.17, 15) is 4.79 Å². The maximum Gasteiger partial charge on any atom is 0.415 e. The Kier molecular flexibility index (Phi) is 7.22. The van der Waals surface area contributed by atoms with Crippen LogP contribution in [-0.4, -0.2) is 59.3 Å². The molecule has 2 saturated heterocycles. The molecule has 6 rings (SSSR count). The van der Waals surface area contributed by atoms with Crippen LogP contribution in [0.15, 0.2) is 78.9 Å². The van der Waals surface area contributed by atoms with Crippen molar-refractivity contribution in [3.05, 3.63) is 84.6 Å². The minimum absolute atomic E-state index is 0.244. The van der Waals surface area contributed by atoms with Crippen molar-refractivity contribution in [1.29, 1.82) is 0 Å². The van der Waals surface area contributed by atoms with E-state index in [2.05, 4.69) is 23.1 Å². The fourth-order valence-corrected chi connectivity index (χ4v) is 5.19. The van der Waals surface area contributed by atoms with Crippen molar-refractivity contribution in [3.8, 4) is 11.4 Å². The standard InChI is InChI=1S/C28H28N4O3.CO2/c1-34-23-12-13-24-25(29-32(26(24)18-23)22-10-6-3-7-11-22)19-30-16-14-28(15-17-30)20-31(27(33)35-28)21-8-4-2-5-9-21;2-1-3/h2-13,18H,14-17,19-20H2,1H3;. The van der Waals surface area contributed by atoms with Crippen molar-refractivity contribution in [2.24, 2.45) is 0 Å². The second-order valence-electron chi connectivity index (χ2n) is 9.41. The number of para-hydroxylation sites is 2. The van der Waals surface area contributed by atoms with Crippen LogP contribution in [-0.2, 0) is 20.9 Å². The van der Waals surface area contributed by atoms with Crippen LogP contribution >= 0.6 is 0 Å². The van der Waals surface area contributed by atoms with Gasteiger partial charge in [0, 0.05) is 49.6 Å². The Morgan fingerprint density at radius 1 is 0.947 bits per heavy atom. The van der Waals surface area contributed by atoms with Crippen molar-refractivity contribution in [1.82, 2.24) is 14.7 Å². The summed E-state index contributed by atoms with van der Waals surface area (Å²) in [6.45, 7) is 3.06. The minimum Gasteiger partial charge on any atom is -0.497 e. The highest BCUT2D eigenvalue weighted by molar-refractivity contribution is 5.90. The Balaban J connectivity index is 0.000000937. The molecule has 0 atom stereocenters. The number of carbonyl (C=O) groups is 1. The summed E-state index contributed by atoms with van der Waals surface area (Å²) >= 11 is 0. The molecule has 4 aromatic rings. The van der Waals surface area contributed by atoms with Gasteiger partial charge in [0.05, 0.1) is 30.6 Å². The number of aromatic nitrogens is 2. The highest BCUT2D eigenvalue weighted by Gasteiger charge is 2.47. The third-order valence-electron chi connectivity index (χ3n) is 7.14. The number of ether oxygens (including phenoxy) is 2. The minimum atomic E-state index is -0.414. The average molecular weight is 513 g/mol. The molecule has 9 heteroatoms. The largest absolute Gasteiger partial charge is 0.497 e. The number of hydrogen-bond acceptors (Lipinski definition) is 7. The van der Waals surface area contributed by atoms with E-state index < -0.39 is 5.60 Å². The molecule has 9 nitrogen and oxygen atoms in total. The van der Waals surface area contributed by atoms with E-state index in [1.807, 2.05) is 65.3 Å². The lowest BCUT2D eigenvalue weighted by molar-refractivity contribution is -0.191. The zero-order chi connectivity index (χ0) is 26.5. The smallest absolute Gasteiger partial charge is 0.415 e. The molecule has 2 fully saturated rings. The third kappa shape index (κ3) is 5.02. The number of nitrogens with zero attached hydrogens (tertiary/aromatic N) is 4. The molecule has 3 aromatic carbocycles. The first-order chi connectivity index (χ1) is 18.6. The van der Waals surface area contributed by atoms with Crippen molar-refractivity contribution in [3.63, 3.8) is 0 Å². The summed E-state index contributed by atoms with van der Waals surface area (Å²) < 4.78 is 13.4. The Hall–Kier alpha value is -4.46. The lowest BCUT2D eigenvalue weighted by Gasteiger charge is -2.37. The Morgan fingerprint density at radius 3 is 2.21 bits per heavy atom. The van der Waals surface area contributed by atoms with Crippen molar-refractivity contribution in [2.45, 2.75) is 25.0 Å². The average Bonchev–Trinajstić information content (AvgIpc) is 3.48. The second-order valence-corrected chi connectivity index (χ2v) is 9.41. The number of likely N-dealkylation sites (tertiary alicyclic amines) is 1. The van der Waals surface area contributed by atoms with Crippen molar-refractivity contribution in [2.75, 3.05) is 31.6 Å². The van der Waals surface area contributed by atoms with E-state index in [4.69, 9.17) is 24.2 Å². The number of rotatable bonds is 5. The summed E-state index contributed by atoms with van der Waals surface area (Å²) in [5.74, 6) is 0.812. The van der Waals surface area contributed by atoms with Crippen LogP contribution < -0.4 is 9.64 Å². The molecule has 0 radical (unpaired) electrons. The van der Waals surface area contributed by atoms with Gasteiger partial charge < -0.3 is 9.47 Å². The first kappa shape index (κ1) is 25.2. The fourth-order valence-electron chi connectivity index (χ4n) is 5.19. The summed E-state index contributed by atoms with van der Waals surface area (Å²) in [5.41, 5.74) is 3.57. The van der Waals surface area contributed by atoms with Crippen molar-refractivity contribution >= 4 is 28.8 Å². The summed E-state index contributed by atoms with van der Waals surface area (Å²) in [6.07, 6.45) is 1.63. The molecule has 0 aliphatic carbocycles. The molecule has 1 spiro atoms. The highest BCUT2D eigenvalue weighted by atomic mass is 16.6. The molecule has 0 bridgehead atoms. The maximum absolute atomic E-state index is 12.6. The molecule has 0 unspecified atom stereocenters. The molecular formula is C29H28N4O5. The van der Waals surface area contributed by atoms with E-state index in [1.54, 1.807) is 12.0 Å². The molecule has 2 aliphatic rings. The molecule has 2 aliphatic heterocycles. The Morgan fingerprint density at radius 2 is 1.58 bits per heavy atom. The van der Waals surface area contributed by atoms with Crippen molar-refractivity contribution < 1.29 is 23.9 Å². The van der Waals surface area contributed by atoms with Gasteiger partial charge in [0.2, 0.25) is 0 Å². The summed E-state index contributed by atoms with van der Waals surface area (Å²) in [6, 6.07) is 26.1. The third-order valence-corrected chi connectivity index (χ3v) is 7.14. The predicted molar refractivity (Wildman–Crippen MR) is 140 cm³/mol. The van der Waals surface area contributed by atoms with Gasteiger partial charge in [-0.1, -0.05) is 36.4 Å². The quantitative estimate of drug-likeness (QED) is 0.390. The highest BCUT2D eigenvalue weighted by Crippen LogP contribution is 2.36. The first-order valence-corrected chi connectivity index (χ1v) is 12.4. The summed E-state index contributed by atoms with van der Waals surface area (Å²) in [7, 11) is 1.68. The van der Waals surface area contributed by atoms with Crippen LogP contribution in [0.3, 0.4) is 0 Å². The molecule has 1 aromatic heterocycles. The van der Waals surface area contributed by atoms with Gasteiger partial charge in [-0.25, -0.2) is 9.48 Å². The lowest BCUT2D eigenvalue weighted by atomic mass is 9.91. The van der Waals surface area contributed by atoms with Crippen LogP contribution in [0.5, 0.6) is 5.75 Å². The van der Waals surface area contributed by atoms with Gasteiger partial charge in [-0.05, 0) is 36.4 Å². The number of benzene rings is 3. The van der Waals surface area contributed by atoms with E-state index in [1.165, 1.54) is 0 Å². The number of fused-ring (bicyclic) bond motifs is 1. The molecular weight excluding hydrogens is 484 g/mol. The van der Waals surface area contributed by atoms with E-state index in [-0.39, 0.29) is 12.2 Å². The molecule has 0 saturated carbocycles. The zero-order valence-electron chi connectivity index (χ0n) is 21.1. The molecule has 3 heterocycles. The molecule has 1 amide bonds. The number of anilines is 1. The first-order valence-electron chi connectivity index (χ1n) is 12.4. The van der Waals surface area contributed by atoms with Gasteiger partial charge in [0.15, 0.2) is 0 Å². The number of carbonyl (C=O) groups excluding carboxylic acids is 3. The van der Waals surface area contributed by atoms with Crippen LogP contribution in [0.1, 0.15) is 18.5 Å². The van der Waals surface area contributed by atoms with Gasteiger partial charge in [-0.15, -0.1) is 0 Å². The van der Waals surface area contributed by atoms with Crippen LogP contribution in [0.4, 0.5) is 10.5 Å². The van der Waals surface area contributed by atoms with Gasteiger partial charge >= 0.3 is 12.2 Å². The predicted octanol–water partition coefficient (Wildman–Crippen LogP) is 4.44. The number of piperidine rings is 1. The zero-order valence-corrected chi connectivity index (χ0v) is 21.1. The van der Waals surface area contributed by atoms with E-state index in [0.717, 1.165) is 66.2 Å². The maximum atomic E-state index is 12.6. The van der Waals surface area contributed by atoms with Gasteiger partial charge in [0.25, 0.3) is 0 Å². The van der Waals surface area contributed by atoms with Crippen LogP contribution in [0.25, 0.3) is 16.6 Å². The Labute approximate surface area is 220 Å². The number of amides is 1. The van der Waals surface area contributed by atoms with Crippen LogP contribution in [0, 0.1) is 0 Å². The van der Waals surface area contributed by atoms with Gasteiger partial charge in [0.1, 0.15) is 11.4 Å². The summed E-state index contributed by atoms with van der Waals surface area (Å²) in [5, 5.41) is 6.13. The SMILES string of the molecule is COc1ccc2c(CN3CCC4(CC3)CN(c3ccccc3)C(=O)O4)nn(-c3ccccc3)c2c1.O=C=O. The fraction of sp³-hybridized carbons (Fsp3) is 0.276. The monoisotopic (exact) mass is 512 g/mol. The lowest BCUT2D eigenvalue weighted by Crippen LogP contribution is -2.46. The molecule has 0 N–H and O–H groups in total. The topological polar surface area (TPSA) is 94.0 Å². The van der Waals surface area contributed by atoms with E-state index >= 15 is 0 Å². The van der Waals surface area contributed by atoms with Gasteiger partial charge in [-0.2, -0.15) is 14.7 Å². The van der Waals surface area contributed by atoms with E-state index in [0.29, 0.717) is 6.54 Å². The molecule has 194 valence electrons. The van der Waals surface area contributed by atoms with Crippen LogP contribution in [0.2, 0.25) is 0 Å². The second kappa shape index (κ2) is 10.9.